The third-order valence-corrected chi connectivity index (χ3v) is 5.31. The quantitative estimate of drug-likeness (QED) is 0.759. The summed E-state index contributed by atoms with van der Waals surface area (Å²) in [4.78, 5) is 17.1. The summed E-state index contributed by atoms with van der Waals surface area (Å²) in [7, 11) is 2.00. The van der Waals surface area contributed by atoms with Crippen LogP contribution in [0.25, 0.3) is 11.0 Å². The molecule has 1 saturated carbocycles. The SMILES string of the molecule is Cn1c(CCC(=O)Nc2ccnn2C2CCCCC2)nc2ccccc21. The van der Waals surface area contributed by atoms with E-state index in [1.165, 1.54) is 19.3 Å². The van der Waals surface area contributed by atoms with Crippen molar-refractivity contribution < 1.29 is 4.79 Å². The van der Waals surface area contributed by atoms with E-state index in [4.69, 9.17) is 0 Å². The summed E-state index contributed by atoms with van der Waals surface area (Å²) >= 11 is 0. The van der Waals surface area contributed by atoms with Crippen LogP contribution < -0.4 is 5.32 Å². The minimum absolute atomic E-state index is 0.00890. The number of para-hydroxylation sites is 2. The van der Waals surface area contributed by atoms with Gasteiger partial charge in [0.1, 0.15) is 11.6 Å². The molecule has 0 radical (unpaired) electrons. The molecule has 26 heavy (non-hydrogen) atoms. The number of imidazole rings is 1. The zero-order valence-electron chi connectivity index (χ0n) is 15.2. The highest BCUT2D eigenvalue weighted by atomic mass is 16.1. The number of fused-ring (bicyclic) bond motifs is 1. The lowest BCUT2D eigenvalue weighted by Crippen LogP contribution is -2.20. The van der Waals surface area contributed by atoms with Gasteiger partial charge in [0.05, 0.1) is 23.3 Å². The molecule has 3 aromatic rings. The van der Waals surface area contributed by atoms with Crippen molar-refractivity contribution in [3.8, 4) is 0 Å². The number of rotatable bonds is 5. The molecule has 1 amide bonds. The molecule has 1 N–H and O–H groups in total. The number of benzene rings is 1. The molecular formula is C20H25N5O. The van der Waals surface area contributed by atoms with Crippen molar-refractivity contribution in [3.05, 3.63) is 42.4 Å². The number of anilines is 1. The van der Waals surface area contributed by atoms with Crippen molar-refractivity contribution in [3.63, 3.8) is 0 Å². The number of nitrogens with one attached hydrogen (secondary N) is 1. The lowest BCUT2D eigenvalue weighted by molar-refractivity contribution is -0.116. The molecule has 136 valence electrons. The first kappa shape index (κ1) is 16.8. The van der Waals surface area contributed by atoms with Crippen molar-refractivity contribution in [2.45, 2.75) is 51.0 Å². The van der Waals surface area contributed by atoms with Gasteiger partial charge >= 0.3 is 0 Å². The fraction of sp³-hybridized carbons (Fsp3) is 0.450. The Labute approximate surface area is 153 Å². The Bertz CT molecular complexity index is 904. The minimum atomic E-state index is 0.00890. The number of aryl methyl sites for hydroxylation is 2. The molecule has 6 heteroatoms. The van der Waals surface area contributed by atoms with E-state index in [1.807, 2.05) is 36.0 Å². The largest absolute Gasteiger partial charge is 0.331 e. The van der Waals surface area contributed by atoms with Crippen LogP contribution in [0.5, 0.6) is 0 Å². The average Bonchev–Trinajstić information content (AvgIpc) is 3.26. The summed E-state index contributed by atoms with van der Waals surface area (Å²) < 4.78 is 4.06. The Morgan fingerprint density at radius 1 is 1.19 bits per heavy atom. The highest BCUT2D eigenvalue weighted by molar-refractivity contribution is 5.90. The van der Waals surface area contributed by atoms with Crippen LogP contribution in [0, 0.1) is 0 Å². The van der Waals surface area contributed by atoms with Crippen molar-refractivity contribution in [1.29, 1.82) is 0 Å². The van der Waals surface area contributed by atoms with E-state index < -0.39 is 0 Å². The molecule has 6 nitrogen and oxygen atoms in total. The summed E-state index contributed by atoms with van der Waals surface area (Å²) in [5.41, 5.74) is 2.07. The smallest absolute Gasteiger partial charge is 0.225 e. The van der Waals surface area contributed by atoms with E-state index >= 15 is 0 Å². The second-order valence-corrected chi connectivity index (χ2v) is 7.08. The predicted molar refractivity (Wildman–Crippen MR) is 102 cm³/mol. The second-order valence-electron chi connectivity index (χ2n) is 7.08. The molecule has 1 fully saturated rings. The van der Waals surface area contributed by atoms with Crippen molar-refractivity contribution in [1.82, 2.24) is 19.3 Å². The van der Waals surface area contributed by atoms with E-state index in [1.54, 1.807) is 6.20 Å². The van der Waals surface area contributed by atoms with E-state index in [9.17, 15) is 4.79 Å². The van der Waals surface area contributed by atoms with Crippen LogP contribution in [-0.2, 0) is 18.3 Å². The molecule has 1 aromatic carbocycles. The fourth-order valence-corrected chi connectivity index (χ4v) is 3.88. The second kappa shape index (κ2) is 7.32. The molecule has 2 heterocycles. The van der Waals surface area contributed by atoms with Crippen LogP contribution in [0.2, 0.25) is 0 Å². The summed E-state index contributed by atoms with van der Waals surface area (Å²) in [6.45, 7) is 0. The summed E-state index contributed by atoms with van der Waals surface area (Å²) in [5.74, 6) is 1.75. The fourth-order valence-electron chi connectivity index (χ4n) is 3.88. The molecular weight excluding hydrogens is 326 g/mol. The lowest BCUT2D eigenvalue weighted by Gasteiger charge is -2.23. The first-order chi connectivity index (χ1) is 12.7. The van der Waals surface area contributed by atoms with Gasteiger partial charge < -0.3 is 9.88 Å². The van der Waals surface area contributed by atoms with E-state index in [-0.39, 0.29) is 5.91 Å². The standard InChI is InChI=1S/C20H25N5O/c1-24-17-10-6-5-9-16(17)22-18(24)11-12-20(26)23-19-13-14-21-25(19)15-7-3-2-4-8-15/h5-6,9-10,13-15H,2-4,7-8,11-12H2,1H3,(H,23,26). The maximum Gasteiger partial charge on any atom is 0.225 e. The summed E-state index contributed by atoms with van der Waals surface area (Å²) in [6, 6.07) is 10.3. The van der Waals surface area contributed by atoms with Crippen LogP contribution in [0.15, 0.2) is 36.5 Å². The molecule has 1 aliphatic carbocycles. The van der Waals surface area contributed by atoms with E-state index in [0.29, 0.717) is 18.9 Å². The maximum atomic E-state index is 12.5. The molecule has 0 atom stereocenters. The zero-order chi connectivity index (χ0) is 17.9. The molecule has 0 saturated heterocycles. The first-order valence-corrected chi connectivity index (χ1v) is 9.46. The van der Waals surface area contributed by atoms with Gasteiger partial charge in [0, 0.05) is 26.0 Å². The monoisotopic (exact) mass is 351 g/mol. The maximum absolute atomic E-state index is 12.5. The van der Waals surface area contributed by atoms with Gasteiger partial charge in [-0.15, -0.1) is 0 Å². The highest BCUT2D eigenvalue weighted by Gasteiger charge is 2.19. The number of nitrogens with zero attached hydrogens (tertiary/aromatic N) is 4. The molecule has 4 rings (SSSR count). The molecule has 2 aromatic heterocycles. The normalized spacial score (nSPS) is 15.4. The Balaban J connectivity index is 1.40. The van der Waals surface area contributed by atoms with Crippen molar-refractivity contribution in [2.24, 2.45) is 7.05 Å². The Morgan fingerprint density at radius 2 is 2.00 bits per heavy atom. The summed E-state index contributed by atoms with van der Waals surface area (Å²) in [5, 5.41) is 7.48. The third kappa shape index (κ3) is 3.36. The molecule has 0 spiro atoms. The van der Waals surface area contributed by atoms with Crippen molar-refractivity contribution >= 4 is 22.8 Å². The third-order valence-electron chi connectivity index (χ3n) is 5.31. The number of carbonyl (C=O) groups is 1. The van der Waals surface area contributed by atoms with Crippen LogP contribution in [0.4, 0.5) is 5.82 Å². The Morgan fingerprint density at radius 3 is 2.81 bits per heavy atom. The van der Waals surface area contributed by atoms with Gasteiger partial charge in [0.15, 0.2) is 0 Å². The van der Waals surface area contributed by atoms with E-state index in [2.05, 4.69) is 26.0 Å². The Hall–Kier alpha value is -2.63. The van der Waals surface area contributed by atoms with E-state index in [0.717, 1.165) is 35.5 Å². The Kier molecular flexibility index (Phi) is 4.73. The predicted octanol–water partition coefficient (Wildman–Crippen LogP) is 3.85. The minimum Gasteiger partial charge on any atom is -0.331 e. The van der Waals surface area contributed by atoms with Gasteiger partial charge in [-0.1, -0.05) is 31.4 Å². The van der Waals surface area contributed by atoms with Gasteiger partial charge in [-0.05, 0) is 25.0 Å². The van der Waals surface area contributed by atoms with Crippen LogP contribution >= 0.6 is 0 Å². The van der Waals surface area contributed by atoms with Gasteiger partial charge in [0.2, 0.25) is 5.91 Å². The summed E-state index contributed by atoms with van der Waals surface area (Å²) in [6.07, 6.45) is 8.87. The number of aromatic nitrogens is 4. The average molecular weight is 351 g/mol. The topological polar surface area (TPSA) is 64.7 Å². The highest BCUT2D eigenvalue weighted by Crippen LogP contribution is 2.30. The van der Waals surface area contributed by atoms with Crippen LogP contribution in [0.1, 0.15) is 50.4 Å². The van der Waals surface area contributed by atoms with Gasteiger partial charge in [0.25, 0.3) is 0 Å². The molecule has 1 aliphatic rings. The number of carbonyl (C=O) groups excluding carboxylic acids is 1. The van der Waals surface area contributed by atoms with Gasteiger partial charge in [-0.25, -0.2) is 9.67 Å². The molecule has 0 aliphatic heterocycles. The molecule has 0 bridgehead atoms. The molecule has 0 unspecified atom stereocenters. The first-order valence-electron chi connectivity index (χ1n) is 9.46. The number of amides is 1. The lowest BCUT2D eigenvalue weighted by atomic mass is 9.96. The number of hydrogen-bond acceptors (Lipinski definition) is 3. The number of hydrogen-bond donors (Lipinski definition) is 1. The van der Waals surface area contributed by atoms with Crippen LogP contribution in [-0.4, -0.2) is 25.2 Å². The van der Waals surface area contributed by atoms with Crippen LogP contribution in [0.3, 0.4) is 0 Å². The van der Waals surface area contributed by atoms with Crippen molar-refractivity contribution in [2.75, 3.05) is 5.32 Å². The van der Waals surface area contributed by atoms with Gasteiger partial charge in [-0.2, -0.15) is 5.10 Å². The van der Waals surface area contributed by atoms with Gasteiger partial charge in [-0.3, -0.25) is 4.79 Å². The zero-order valence-corrected chi connectivity index (χ0v) is 15.2.